The number of rotatable bonds is 2. The Morgan fingerprint density at radius 2 is 2.28 bits per heavy atom. The van der Waals surface area contributed by atoms with E-state index in [0.29, 0.717) is 6.61 Å². The average molecular weight is 270 g/mol. The van der Waals surface area contributed by atoms with Gasteiger partial charge in [-0.15, -0.1) is 10.2 Å². The minimum absolute atomic E-state index is 0.110. The quantitative estimate of drug-likeness (QED) is 0.889. The van der Waals surface area contributed by atoms with Crippen LogP contribution >= 0.6 is 11.6 Å². The van der Waals surface area contributed by atoms with E-state index in [4.69, 9.17) is 16.3 Å². The van der Waals surface area contributed by atoms with Gasteiger partial charge in [0.15, 0.2) is 10.8 Å². The molecule has 1 aliphatic rings. The van der Waals surface area contributed by atoms with E-state index in [1.54, 1.807) is 12.1 Å². The zero-order chi connectivity index (χ0) is 13.2. The highest BCUT2D eigenvalue weighted by Crippen LogP contribution is 2.24. The topological polar surface area (TPSA) is 64.1 Å². The van der Waals surface area contributed by atoms with Crippen molar-refractivity contribution in [2.24, 2.45) is 0 Å². The van der Waals surface area contributed by atoms with Crippen LogP contribution in [0.3, 0.4) is 0 Å². The Labute approximate surface area is 111 Å². The summed E-state index contributed by atoms with van der Waals surface area (Å²) in [5, 5.41) is 10.6. The van der Waals surface area contributed by atoms with Crippen LogP contribution in [-0.4, -0.2) is 34.4 Å². The molecule has 18 heavy (non-hydrogen) atoms. The minimum atomic E-state index is -0.220. The summed E-state index contributed by atoms with van der Waals surface area (Å²) in [5.41, 5.74) is 0.0886. The molecule has 6 heteroatoms. The van der Waals surface area contributed by atoms with Crippen molar-refractivity contribution in [3.05, 3.63) is 23.0 Å². The zero-order valence-corrected chi connectivity index (χ0v) is 11.2. The van der Waals surface area contributed by atoms with E-state index in [1.165, 1.54) is 0 Å². The van der Waals surface area contributed by atoms with E-state index in [1.807, 2.05) is 13.8 Å². The summed E-state index contributed by atoms with van der Waals surface area (Å²) in [6.07, 6.45) is 1.61. The maximum atomic E-state index is 11.9. The Hall–Kier alpha value is -1.20. The van der Waals surface area contributed by atoms with Crippen LogP contribution in [0, 0.1) is 0 Å². The summed E-state index contributed by atoms with van der Waals surface area (Å²) >= 11 is 5.62. The van der Waals surface area contributed by atoms with Gasteiger partial charge in [-0.05, 0) is 38.8 Å². The first kappa shape index (κ1) is 13.2. The van der Waals surface area contributed by atoms with Gasteiger partial charge in [-0.1, -0.05) is 11.6 Å². The van der Waals surface area contributed by atoms with Crippen molar-refractivity contribution < 1.29 is 9.53 Å². The standard InChI is InChI=1S/C12H16ClN3O2/c1-12(2)7-8(5-6-18-12)14-11(17)9-3-4-10(13)16-15-9/h3-4,8H,5-7H2,1-2H3,(H,14,17). The molecule has 0 aromatic carbocycles. The second-order valence-electron chi connectivity index (χ2n) is 5.01. The average Bonchev–Trinajstić information content (AvgIpc) is 2.28. The lowest BCUT2D eigenvalue weighted by Gasteiger charge is -2.35. The molecule has 1 atom stereocenters. The molecule has 98 valence electrons. The van der Waals surface area contributed by atoms with Gasteiger partial charge in [0.2, 0.25) is 0 Å². The lowest BCUT2D eigenvalue weighted by molar-refractivity contribution is -0.0615. The Morgan fingerprint density at radius 3 is 2.89 bits per heavy atom. The van der Waals surface area contributed by atoms with Crippen LogP contribution in [0.2, 0.25) is 5.15 Å². The molecule has 1 aromatic rings. The molecule has 0 aliphatic carbocycles. The number of carbonyl (C=O) groups excluding carboxylic acids is 1. The van der Waals surface area contributed by atoms with Crippen LogP contribution in [0.15, 0.2) is 12.1 Å². The maximum Gasteiger partial charge on any atom is 0.272 e. The highest BCUT2D eigenvalue weighted by atomic mass is 35.5. The highest BCUT2D eigenvalue weighted by Gasteiger charge is 2.29. The molecule has 1 unspecified atom stereocenters. The molecule has 0 saturated carbocycles. The second kappa shape index (κ2) is 5.20. The molecule has 5 nitrogen and oxygen atoms in total. The number of ether oxygens (including phenoxy) is 1. The van der Waals surface area contributed by atoms with E-state index < -0.39 is 0 Å². The summed E-state index contributed by atoms with van der Waals surface area (Å²) in [6.45, 7) is 4.70. The van der Waals surface area contributed by atoms with Gasteiger partial charge < -0.3 is 10.1 Å². The molecular weight excluding hydrogens is 254 g/mol. The summed E-state index contributed by atoms with van der Waals surface area (Å²) in [7, 11) is 0. The molecule has 0 bridgehead atoms. The fraction of sp³-hybridized carbons (Fsp3) is 0.583. The van der Waals surface area contributed by atoms with E-state index >= 15 is 0 Å². The number of hydrogen-bond donors (Lipinski definition) is 1. The molecule has 1 saturated heterocycles. The largest absolute Gasteiger partial charge is 0.375 e. The predicted molar refractivity (Wildman–Crippen MR) is 67.6 cm³/mol. The molecule has 1 amide bonds. The van der Waals surface area contributed by atoms with Crippen LogP contribution in [0.1, 0.15) is 37.2 Å². The van der Waals surface area contributed by atoms with Gasteiger partial charge in [0, 0.05) is 12.6 Å². The molecule has 1 fully saturated rings. The normalized spacial score (nSPS) is 22.5. The fourth-order valence-corrected chi connectivity index (χ4v) is 2.15. The lowest BCUT2D eigenvalue weighted by atomic mass is 9.94. The zero-order valence-electron chi connectivity index (χ0n) is 10.4. The van der Waals surface area contributed by atoms with Crippen molar-refractivity contribution in [1.82, 2.24) is 15.5 Å². The van der Waals surface area contributed by atoms with Gasteiger partial charge in [0.05, 0.1) is 5.60 Å². The Balaban J connectivity index is 1.97. The van der Waals surface area contributed by atoms with Crippen molar-refractivity contribution in [3.8, 4) is 0 Å². The van der Waals surface area contributed by atoms with Gasteiger partial charge in [-0.2, -0.15) is 0 Å². The van der Waals surface area contributed by atoms with Crippen molar-refractivity contribution >= 4 is 17.5 Å². The summed E-state index contributed by atoms with van der Waals surface area (Å²) in [6, 6.07) is 3.23. The molecule has 1 aromatic heterocycles. The van der Waals surface area contributed by atoms with Crippen LogP contribution in [0.25, 0.3) is 0 Å². The smallest absolute Gasteiger partial charge is 0.272 e. The number of nitrogens with zero attached hydrogens (tertiary/aromatic N) is 2. The molecule has 2 heterocycles. The molecule has 0 spiro atoms. The molecule has 2 rings (SSSR count). The van der Waals surface area contributed by atoms with Crippen molar-refractivity contribution in [2.45, 2.75) is 38.3 Å². The van der Waals surface area contributed by atoms with E-state index in [2.05, 4.69) is 15.5 Å². The second-order valence-corrected chi connectivity index (χ2v) is 5.40. The Bertz CT molecular complexity index is 433. The third-order valence-electron chi connectivity index (χ3n) is 2.90. The fourth-order valence-electron chi connectivity index (χ4n) is 2.05. The third-order valence-corrected chi connectivity index (χ3v) is 3.10. The summed E-state index contributed by atoms with van der Waals surface area (Å²) in [4.78, 5) is 11.9. The van der Waals surface area contributed by atoms with Gasteiger partial charge in [0.25, 0.3) is 5.91 Å². The van der Waals surface area contributed by atoms with Gasteiger partial charge in [0.1, 0.15) is 0 Å². The number of amides is 1. The summed E-state index contributed by atoms with van der Waals surface area (Å²) < 4.78 is 5.60. The summed E-state index contributed by atoms with van der Waals surface area (Å²) in [5.74, 6) is -0.220. The number of nitrogens with one attached hydrogen (secondary N) is 1. The number of hydrogen-bond acceptors (Lipinski definition) is 4. The highest BCUT2D eigenvalue weighted by molar-refractivity contribution is 6.29. The number of aromatic nitrogens is 2. The predicted octanol–water partition coefficient (Wildman–Crippen LogP) is 1.82. The monoisotopic (exact) mass is 269 g/mol. The maximum absolute atomic E-state index is 11.9. The molecule has 0 radical (unpaired) electrons. The van der Waals surface area contributed by atoms with E-state index in [-0.39, 0.29) is 28.4 Å². The first-order valence-corrected chi connectivity index (χ1v) is 6.28. The van der Waals surface area contributed by atoms with Crippen LogP contribution in [-0.2, 0) is 4.74 Å². The molecule has 1 N–H and O–H groups in total. The van der Waals surface area contributed by atoms with Gasteiger partial charge in [-0.3, -0.25) is 4.79 Å². The van der Waals surface area contributed by atoms with Crippen LogP contribution in [0.5, 0.6) is 0 Å². The first-order valence-electron chi connectivity index (χ1n) is 5.90. The van der Waals surface area contributed by atoms with E-state index in [9.17, 15) is 4.79 Å². The minimum Gasteiger partial charge on any atom is -0.375 e. The molecular formula is C12H16ClN3O2. The number of carbonyl (C=O) groups is 1. The van der Waals surface area contributed by atoms with Gasteiger partial charge in [-0.25, -0.2) is 0 Å². The Kier molecular flexibility index (Phi) is 3.82. The Morgan fingerprint density at radius 1 is 1.50 bits per heavy atom. The first-order chi connectivity index (χ1) is 8.46. The lowest BCUT2D eigenvalue weighted by Crippen LogP contribution is -2.46. The van der Waals surface area contributed by atoms with Crippen molar-refractivity contribution in [3.63, 3.8) is 0 Å². The van der Waals surface area contributed by atoms with Crippen molar-refractivity contribution in [1.29, 1.82) is 0 Å². The van der Waals surface area contributed by atoms with E-state index in [0.717, 1.165) is 12.8 Å². The van der Waals surface area contributed by atoms with Crippen LogP contribution in [0.4, 0.5) is 0 Å². The molecule has 1 aliphatic heterocycles. The van der Waals surface area contributed by atoms with Gasteiger partial charge >= 0.3 is 0 Å². The number of halogens is 1. The third kappa shape index (κ3) is 3.40. The van der Waals surface area contributed by atoms with Crippen LogP contribution < -0.4 is 5.32 Å². The SMILES string of the molecule is CC1(C)CC(NC(=O)c2ccc(Cl)nn2)CCO1. The van der Waals surface area contributed by atoms with Crippen molar-refractivity contribution in [2.75, 3.05) is 6.61 Å².